The van der Waals surface area contributed by atoms with Crippen LogP contribution in [0.15, 0.2) is 24.3 Å². The summed E-state index contributed by atoms with van der Waals surface area (Å²) in [5, 5.41) is 0. The number of benzene rings is 1. The first-order valence-corrected chi connectivity index (χ1v) is 4.17. The molecule has 0 saturated heterocycles. The first-order valence-electron chi connectivity index (χ1n) is 4.17. The van der Waals surface area contributed by atoms with Crippen molar-refractivity contribution in [2.45, 2.75) is 6.61 Å². The zero-order chi connectivity index (χ0) is 10.4. The summed E-state index contributed by atoms with van der Waals surface area (Å²) in [6.07, 6.45) is 0. The Bertz CT molecular complexity index is 297. The van der Waals surface area contributed by atoms with Crippen molar-refractivity contribution in [1.29, 1.82) is 0 Å². The van der Waals surface area contributed by atoms with Crippen LogP contribution in [-0.2, 0) is 16.1 Å². The predicted molar refractivity (Wildman–Crippen MR) is 53.1 cm³/mol. The third kappa shape index (κ3) is 3.04. The molecule has 5 N–H and O–H groups in total. The minimum Gasteiger partial charge on any atom is -0.460 e. The molecule has 0 aliphatic heterocycles. The molecule has 0 aromatic heterocycles. The Morgan fingerprint density at radius 2 is 2.00 bits per heavy atom. The molecule has 1 aromatic carbocycles. The van der Waals surface area contributed by atoms with Gasteiger partial charge in [-0.2, -0.15) is 0 Å². The molecule has 0 heterocycles. The number of rotatable bonds is 4. The largest absolute Gasteiger partial charge is 0.460 e. The second kappa shape index (κ2) is 5.21. The maximum atomic E-state index is 10.7. The van der Waals surface area contributed by atoms with Crippen molar-refractivity contribution >= 4 is 11.7 Å². The molecule has 76 valence electrons. The summed E-state index contributed by atoms with van der Waals surface area (Å²) in [6, 6.07) is 7.23. The van der Waals surface area contributed by atoms with Crippen LogP contribution in [0, 0.1) is 0 Å². The summed E-state index contributed by atoms with van der Waals surface area (Å²) in [7, 11) is 0. The van der Waals surface area contributed by atoms with Gasteiger partial charge in [0.1, 0.15) is 6.61 Å². The first kappa shape index (κ1) is 10.5. The van der Waals surface area contributed by atoms with E-state index < -0.39 is 5.97 Å². The van der Waals surface area contributed by atoms with E-state index in [2.05, 4.69) is 5.43 Å². The average Bonchev–Trinajstić information content (AvgIpc) is 2.26. The zero-order valence-corrected chi connectivity index (χ0v) is 7.69. The van der Waals surface area contributed by atoms with E-state index in [1.807, 2.05) is 12.1 Å². The molecule has 0 radical (unpaired) electrons. The van der Waals surface area contributed by atoms with Crippen LogP contribution in [0.2, 0.25) is 0 Å². The number of carbonyl (C=O) groups excluding carboxylic acids is 1. The lowest BCUT2D eigenvalue weighted by Gasteiger charge is -2.04. The number of ether oxygens (including phenoxy) is 1. The van der Waals surface area contributed by atoms with Gasteiger partial charge in [0.25, 0.3) is 0 Å². The molecule has 0 atom stereocenters. The molecule has 0 unspecified atom stereocenters. The lowest BCUT2D eigenvalue weighted by molar-refractivity contribution is -0.143. The molecule has 0 fully saturated rings. The van der Waals surface area contributed by atoms with E-state index in [1.165, 1.54) is 0 Å². The number of hydrazine groups is 1. The van der Waals surface area contributed by atoms with Gasteiger partial charge in [-0.05, 0) is 17.7 Å². The molecule has 14 heavy (non-hydrogen) atoms. The average molecular weight is 195 g/mol. The number of nitrogens with two attached hydrogens (primary N) is 2. The molecular formula is C9H13N3O2. The smallest absolute Gasteiger partial charge is 0.320 e. The third-order valence-corrected chi connectivity index (χ3v) is 1.69. The van der Waals surface area contributed by atoms with E-state index >= 15 is 0 Å². The van der Waals surface area contributed by atoms with Crippen LogP contribution >= 0.6 is 0 Å². The number of hydrogen-bond donors (Lipinski definition) is 3. The standard InChI is InChI=1S/C9H13N3O2/c10-5-9(13)14-6-7-1-3-8(12-11)4-2-7/h1-4,12H,5-6,10-11H2. The van der Waals surface area contributed by atoms with Crippen molar-refractivity contribution < 1.29 is 9.53 Å². The second-order valence-electron chi connectivity index (χ2n) is 2.71. The lowest BCUT2D eigenvalue weighted by Crippen LogP contribution is -2.16. The van der Waals surface area contributed by atoms with Crippen molar-refractivity contribution in [2.75, 3.05) is 12.0 Å². The fraction of sp³-hybridized carbons (Fsp3) is 0.222. The Morgan fingerprint density at radius 3 is 2.50 bits per heavy atom. The van der Waals surface area contributed by atoms with Crippen molar-refractivity contribution in [3.8, 4) is 0 Å². The summed E-state index contributed by atoms with van der Waals surface area (Å²) in [5.41, 5.74) is 9.28. The topological polar surface area (TPSA) is 90.4 Å². The van der Waals surface area contributed by atoms with Crippen LogP contribution in [0.3, 0.4) is 0 Å². The number of esters is 1. The van der Waals surface area contributed by atoms with Gasteiger partial charge in [-0.3, -0.25) is 10.6 Å². The summed E-state index contributed by atoms with van der Waals surface area (Å²) < 4.78 is 4.84. The van der Waals surface area contributed by atoms with E-state index in [0.717, 1.165) is 11.3 Å². The summed E-state index contributed by atoms with van der Waals surface area (Å²) in [5.74, 6) is 4.78. The van der Waals surface area contributed by atoms with E-state index in [9.17, 15) is 4.79 Å². The Labute approximate surface area is 82.0 Å². The van der Waals surface area contributed by atoms with E-state index in [1.54, 1.807) is 12.1 Å². The lowest BCUT2D eigenvalue weighted by atomic mass is 10.2. The van der Waals surface area contributed by atoms with Crippen molar-refractivity contribution in [1.82, 2.24) is 0 Å². The molecule has 1 rings (SSSR count). The maximum absolute atomic E-state index is 10.7. The van der Waals surface area contributed by atoms with Crippen molar-refractivity contribution in [3.63, 3.8) is 0 Å². The van der Waals surface area contributed by atoms with Gasteiger partial charge in [-0.1, -0.05) is 12.1 Å². The van der Waals surface area contributed by atoms with Crippen LogP contribution < -0.4 is 17.0 Å². The zero-order valence-electron chi connectivity index (χ0n) is 7.69. The van der Waals surface area contributed by atoms with Gasteiger partial charge in [0, 0.05) is 5.69 Å². The highest BCUT2D eigenvalue weighted by molar-refractivity contribution is 5.71. The molecule has 0 aliphatic carbocycles. The Kier molecular flexibility index (Phi) is 3.90. The Hall–Kier alpha value is -1.59. The summed E-state index contributed by atoms with van der Waals surface area (Å²) in [4.78, 5) is 10.7. The number of anilines is 1. The normalized spacial score (nSPS) is 9.57. The van der Waals surface area contributed by atoms with E-state index in [0.29, 0.717) is 0 Å². The van der Waals surface area contributed by atoms with Gasteiger partial charge in [0.05, 0.1) is 6.54 Å². The van der Waals surface area contributed by atoms with E-state index in [-0.39, 0.29) is 13.2 Å². The Balaban J connectivity index is 2.47. The van der Waals surface area contributed by atoms with Gasteiger partial charge >= 0.3 is 5.97 Å². The minimum atomic E-state index is -0.411. The van der Waals surface area contributed by atoms with Crippen molar-refractivity contribution in [3.05, 3.63) is 29.8 Å². The molecule has 0 bridgehead atoms. The van der Waals surface area contributed by atoms with Crippen molar-refractivity contribution in [2.24, 2.45) is 11.6 Å². The van der Waals surface area contributed by atoms with Gasteiger partial charge < -0.3 is 15.9 Å². The molecule has 5 nitrogen and oxygen atoms in total. The van der Waals surface area contributed by atoms with Gasteiger partial charge in [0.2, 0.25) is 0 Å². The van der Waals surface area contributed by atoms with Crippen LogP contribution in [0.1, 0.15) is 5.56 Å². The molecule has 0 spiro atoms. The molecule has 0 aliphatic rings. The van der Waals surface area contributed by atoms with Gasteiger partial charge in [-0.15, -0.1) is 0 Å². The summed E-state index contributed by atoms with van der Waals surface area (Å²) in [6.45, 7) is 0.142. The third-order valence-electron chi connectivity index (χ3n) is 1.69. The monoisotopic (exact) mass is 195 g/mol. The molecule has 1 aromatic rings. The van der Waals surface area contributed by atoms with Crippen LogP contribution in [0.4, 0.5) is 5.69 Å². The molecule has 0 saturated carbocycles. The SMILES string of the molecule is NCC(=O)OCc1ccc(NN)cc1. The van der Waals surface area contributed by atoms with Crippen LogP contribution in [-0.4, -0.2) is 12.5 Å². The number of carbonyl (C=O) groups is 1. The fourth-order valence-electron chi connectivity index (χ4n) is 0.920. The second-order valence-corrected chi connectivity index (χ2v) is 2.71. The highest BCUT2D eigenvalue weighted by atomic mass is 16.5. The van der Waals surface area contributed by atoms with Crippen LogP contribution in [0.5, 0.6) is 0 Å². The Morgan fingerprint density at radius 1 is 1.36 bits per heavy atom. The number of nitrogens with one attached hydrogen (secondary N) is 1. The van der Waals surface area contributed by atoms with Gasteiger partial charge in [0.15, 0.2) is 0 Å². The fourth-order valence-corrected chi connectivity index (χ4v) is 0.920. The molecule has 0 amide bonds. The summed E-state index contributed by atoms with van der Waals surface area (Å²) >= 11 is 0. The maximum Gasteiger partial charge on any atom is 0.320 e. The first-order chi connectivity index (χ1) is 6.76. The number of hydrogen-bond acceptors (Lipinski definition) is 5. The quantitative estimate of drug-likeness (QED) is 0.356. The van der Waals surface area contributed by atoms with E-state index in [4.69, 9.17) is 16.3 Å². The minimum absolute atomic E-state index is 0.0948. The molecular weight excluding hydrogens is 182 g/mol. The van der Waals surface area contributed by atoms with Gasteiger partial charge in [-0.25, -0.2) is 0 Å². The predicted octanol–water partition coefficient (Wildman–Crippen LogP) is -0.0259. The highest BCUT2D eigenvalue weighted by Crippen LogP contribution is 2.08. The highest BCUT2D eigenvalue weighted by Gasteiger charge is 1.99. The number of nitrogen functional groups attached to an aromatic ring is 1. The van der Waals surface area contributed by atoms with Crippen LogP contribution in [0.25, 0.3) is 0 Å². The molecule has 5 heteroatoms.